The molecule has 0 spiro atoms. The molecule has 0 aliphatic rings. The van der Waals surface area contributed by atoms with Crippen LogP contribution in [0.4, 0.5) is 0 Å². The average Bonchev–Trinajstić information content (AvgIpc) is 2.87. The van der Waals surface area contributed by atoms with Crippen molar-refractivity contribution in [1.29, 1.82) is 0 Å². The normalized spacial score (nSPS) is 13.5. The maximum Gasteiger partial charge on any atom is 0.237 e. The summed E-state index contributed by atoms with van der Waals surface area (Å²) in [5, 5.41) is 15.8. The van der Waals surface area contributed by atoms with Crippen LogP contribution in [0, 0.1) is 34.1 Å². The number of unbranched alkanes of at least 4 members (excludes halogenated alkanes) is 3. The molecule has 0 bridgehead atoms. The van der Waals surface area contributed by atoms with Gasteiger partial charge in [0.05, 0.1) is 12.1 Å². The highest BCUT2D eigenvalue weighted by atomic mass is 16.2. The molecule has 0 aliphatic carbocycles. The lowest BCUT2D eigenvalue weighted by Gasteiger charge is -2.20. The van der Waals surface area contributed by atoms with Crippen molar-refractivity contribution in [3.63, 3.8) is 0 Å². The number of rotatable bonds is 25. The second-order valence-electron chi connectivity index (χ2n) is 9.24. The van der Waals surface area contributed by atoms with Gasteiger partial charge < -0.3 is 26.6 Å². The zero-order valence-corrected chi connectivity index (χ0v) is 22.3. The predicted octanol–water partition coefficient (Wildman–Crippen LogP) is 1.05. The van der Waals surface area contributed by atoms with E-state index < -0.39 is 18.0 Å². The highest BCUT2D eigenvalue weighted by Crippen LogP contribution is 2.17. The molecular formula is C27H46N6O4. The molecular weight excluding hydrogens is 472 g/mol. The van der Waals surface area contributed by atoms with Crippen LogP contribution in [0.15, 0.2) is 0 Å². The largest absolute Gasteiger partial charge is 0.355 e. The first-order valence-corrected chi connectivity index (χ1v) is 13.2. The van der Waals surface area contributed by atoms with Gasteiger partial charge in [0.15, 0.2) is 5.78 Å². The Morgan fingerprint density at radius 3 is 1.68 bits per heavy atom. The summed E-state index contributed by atoms with van der Waals surface area (Å²) in [6.07, 6.45) is 6.32. The molecule has 0 heterocycles. The third kappa shape index (κ3) is 18.1. The van der Waals surface area contributed by atoms with Crippen molar-refractivity contribution in [3.05, 3.63) is 28.2 Å². The molecule has 0 aromatic rings. The molecule has 6 N–H and O–H groups in total. The lowest BCUT2D eigenvalue weighted by atomic mass is 9.91. The molecule has 3 atom stereocenters. The first-order valence-electron chi connectivity index (χ1n) is 13.2. The Morgan fingerprint density at radius 1 is 0.622 bits per heavy atom. The summed E-state index contributed by atoms with van der Waals surface area (Å²) in [5.41, 5.74) is 0. The molecule has 8 radical (unpaired) electrons. The molecule has 0 fully saturated rings. The SMILES string of the molecule is [CH]NCCCC[C@H](N[CH])C(=O)C[C@@H](CCCCNC(=O)[C@H](CCCCN[CH])N[CH])C(=O)NCCC(C)=O. The van der Waals surface area contributed by atoms with Crippen molar-refractivity contribution >= 4 is 23.4 Å². The van der Waals surface area contributed by atoms with Gasteiger partial charge >= 0.3 is 0 Å². The highest BCUT2D eigenvalue weighted by Gasteiger charge is 2.25. The lowest BCUT2D eigenvalue weighted by molar-refractivity contribution is -0.130. The number of hydrogen-bond acceptors (Lipinski definition) is 8. The fourth-order valence-electron chi connectivity index (χ4n) is 3.85. The van der Waals surface area contributed by atoms with Crippen molar-refractivity contribution in [2.75, 3.05) is 26.2 Å². The molecule has 10 heteroatoms. The molecule has 37 heavy (non-hydrogen) atoms. The van der Waals surface area contributed by atoms with Crippen molar-refractivity contribution in [2.24, 2.45) is 5.92 Å². The maximum absolute atomic E-state index is 12.8. The monoisotopic (exact) mass is 518 g/mol. The Labute approximate surface area is 224 Å². The van der Waals surface area contributed by atoms with Gasteiger partial charge in [0.25, 0.3) is 0 Å². The summed E-state index contributed by atoms with van der Waals surface area (Å²) in [4.78, 5) is 49.2. The first-order chi connectivity index (χ1) is 17.8. The van der Waals surface area contributed by atoms with Crippen LogP contribution in [0.2, 0.25) is 0 Å². The number of amides is 2. The molecule has 0 unspecified atom stereocenters. The van der Waals surface area contributed by atoms with Gasteiger partial charge in [-0.15, -0.1) is 0 Å². The van der Waals surface area contributed by atoms with Crippen LogP contribution in [-0.4, -0.2) is 61.6 Å². The highest BCUT2D eigenvalue weighted by molar-refractivity contribution is 5.90. The summed E-state index contributed by atoms with van der Waals surface area (Å²) in [6, 6.07) is -1.04. The summed E-state index contributed by atoms with van der Waals surface area (Å²) >= 11 is 0. The van der Waals surface area contributed by atoms with Crippen LogP contribution < -0.4 is 31.9 Å². The number of carbonyl (C=O) groups excluding carboxylic acids is 4. The fraction of sp³-hybridized carbons (Fsp3) is 0.704. The lowest BCUT2D eigenvalue weighted by Crippen LogP contribution is -2.42. The summed E-state index contributed by atoms with van der Waals surface area (Å²) < 4.78 is 0. The van der Waals surface area contributed by atoms with Crippen molar-refractivity contribution < 1.29 is 19.2 Å². The van der Waals surface area contributed by atoms with E-state index in [1.165, 1.54) is 6.92 Å². The second-order valence-corrected chi connectivity index (χ2v) is 9.24. The maximum atomic E-state index is 12.8. The van der Waals surface area contributed by atoms with E-state index in [1.807, 2.05) is 0 Å². The van der Waals surface area contributed by atoms with E-state index in [4.69, 9.17) is 28.2 Å². The van der Waals surface area contributed by atoms with Crippen LogP contribution in [0.25, 0.3) is 0 Å². The Bertz CT molecular complexity index is 646. The van der Waals surface area contributed by atoms with Crippen LogP contribution in [0.3, 0.4) is 0 Å². The molecule has 10 nitrogen and oxygen atoms in total. The van der Waals surface area contributed by atoms with E-state index >= 15 is 0 Å². The van der Waals surface area contributed by atoms with Gasteiger partial charge in [-0.2, -0.15) is 0 Å². The fourth-order valence-corrected chi connectivity index (χ4v) is 3.85. The van der Waals surface area contributed by atoms with Crippen molar-refractivity contribution in [3.8, 4) is 0 Å². The molecule has 0 aromatic heterocycles. The summed E-state index contributed by atoms with van der Waals surface area (Å²) in [5.74, 6) is -1.15. The van der Waals surface area contributed by atoms with Crippen molar-refractivity contribution in [2.45, 2.75) is 89.6 Å². The number of nitrogens with one attached hydrogen (secondary N) is 6. The minimum absolute atomic E-state index is 0.0237. The predicted molar refractivity (Wildman–Crippen MR) is 143 cm³/mol. The minimum atomic E-state index is -0.550. The zero-order chi connectivity index (χ0) is 27.9. The van der Waals surface area contributed by atoms with Gasteiger partial charge in [-0.25, -0.2) is 0 Å². The first kappa shape index (κ1) is 35.1. The topological polar surface area (TPSA) is 140 Å². The third-order valence-corrected chi connectivity index (χ3v) is 6.11. The smallest absolute Gasteiger partial charge is 0.237 e. The van der Waals surface area contributed by atoms with Gasteiger partial charge in [0.2, 0.25) is 11.8 Å². The molecule has 0 aliphatic heterocycles. The molecule has 0 saturated heterocycles. The van der Waals surface area contributed by atoms with E-state index in [1.54, 1.807) is 0 Å². The molecule has 208 valence electrons. The van der Waals surface area contributed by atoms with Gasteiger partial charge in [-0.05, 0) is 58.5 Å². The number of ketones is 2. The average molecular weight is 519 g/mol. The summed E-state index contributed by atoms with van der Waals surface area (Å²) in [7, 11) is 21.6. The molecule has 0 rings (SSSR count). The zero-order valence-electron chi connectivity index (χ0n) is 22.3. The van der Waals surface area contributed by atoms with E-state index in [0.29, 0.717) is 51.7 Å². The van der Waals surface area contributed by atoms with Gasteiger partial charge in [0, 0.05) is 60.0 Å². The van der Waals surface area contributed by atoms with Gasteiger partial charge in [-0.1, -0.05) is 19.3 Å². The standard InChI is InChI=1S/C27H46N6O4/c1-21(34)15-19-33-26(36)22(20-25(35)23(30-4)13-7-9-16-28-2)12-6-11-18-32-27(37)24(31-5)14-8-10-17-29-3/h2-5,22-24,28-31H,6-20H2,1H3,(H,32,37)(H,33,36)/t22-,23+,24+/m1/s1. The van der Waals surface area contributed by atoms with Crippen molar-refractivity contribution in [1.82, 2.24) is 31.9 Å². The van der Waals surface area contributed by atoms with Gasteiger partial charge in [-0.3, -0.25) is 24.5 Å². The van der Waals surface area contributed by atoms with E-state index in [-0.39, 0.29) is 42.8 Å². The Balaban J connectivity index is 4.73. The number of carbonyl (C=O) groups is 4. The van der Waals surface area contributed by atoms with E-state index in [2.05, 4.69) is 31.9 Å². The quantitative estimate of drug-likeness (QED) is 0.0779. The van der Waals surface area contributed by atoms with E-state index in [0.717, 1.165) is 25.7 Å². The Kier molecular flexibility index (Phi) is 22.1. The van der Waals surface area contributed by atoms with Crippen LogP contribution in [0.1, 0.15) is 77.6 Å². The van der Waals surface area contributed by atoms with E-state index in [9.17, 15) is 19.2 Å². The third-order valence-electron chi connectivity index (χ3n) is 6.11. The number of Topliss-reactive ketones (excluding diaryl/α,β-unsaturated/α-hetero) is 2. The minimum Gasteiger partial charge on any atom is -0.355 e. The molecule has 0 saturated carbocycles. The summed E-state index contributed by atoms with van der Waals surface area (Å²) in [6.45, 7) is 3.42. The number of hydrogen-bond donors (Lipinski definition) is 6. The Hall–Kier alpha value is -1.88. The Morgan fingerprint density at radius 2 is 1.14 bits per heavy atom. The second kappa shape index (κ2) is 23.3. The molecule has 2 amide bonds. The van der Waals surface area contributed by atoms with Crippen LogP contribution >= 0.6 is 0 Å². The van der Waals surface area contributed by atoms with Gasteiger partial charge in [0.1, 0.15) is 5.78 Å². The van der Waals surface area contributed by atoms with Crippen LogP contribution in [0.5, 0.6) is 0 Å². The molecule has 0 aromatic carbocycles. The van der Waals surface area contributed by atoms with Crippen LogP contribution in [-0.2, 0) is 19.2 Å².